The van der Waals surface area contributed by atoms with Crippen molar-refractivity contribution in [2.24, 2.45) is 0 Å². The first kappa shape index (κ1) is 10.2. The monoisotopic (exact) mass is 151 g/mol. The molecule has 0 amide bonds. The van der Waals surface area contributed by atoms with Gasteiger partial charge in [-0.1, -0.05) is 44.2 Å². The summed E-state index contributed by atoms with van der Waals surface area (Å²) in [4.78, 5) is 0. The first-order valence-corrected chi connectivity index (χ1v) is 3.72. The van der Waals surface area contributed by atoms with E-state index in [1.807, 2.05) is 6.07 Å². The van der Waals surface area contributed by atoms with E-state index in [9.17, 15) is 0 Å². The van der Waals surface area contributed by atoms with Gasteiger partial charge in [0, 0.05) is 5.92 Å². The van der Waals surface area contributed by atoms with E-state index >= 15 is 0 Å². The minimum absolute atomic E-state index is 0. The van der Waals surface area contributed by atoms with Gasteiger partial charge in [-0.15, -0.1) is 0 Å². The summed E-state index contributed by atoms with van der Waals surface area (Å²) in [6, 6.07) is 10.5. The van der Waals surface area contributed by atoms with Crippen molar-refractivity contribution in [1.29, 1.82) is 0 Å². The second-order valence-electron chi connectivity index (χ2n) is 2.50. The first-order chi connectivity index (χ1) is 4.84. The van der Waals surface area contributed by atoms with Gasteiger partial charge in [0.05, 0.1) is 0 Å². The van der Waals surface area contributed by atoms with Gasteiger partial charge in [-0.25, -0.2) is 0 Å². The Morgan fingerprint density at radius 1 is 1.18 bits per heavy atom. The maximum absolute atomic E-state index is 2.18. The van der Waals surface area contributed by atoms with E-state index in [1.54, 1.807) is 0 Å². The van der Waals surface area contributed by atoms with Gasteiger partial charge < -0.3 is 5.48 Å². The summed E-state index contributed by atoms with van der Waals surface area (Å²) in [6.07, 6.45) is 1.14. The Morgan fingerprint density at radius 3 is 2.18 bits per heavy atom. The molecule has 11 heavy (non-hydrogen) atoms. The van der Waals surface area contributed by atoms with Crippen LogP contribution in [0.25, 0.3) is 0 Å². The van der Waals surface area contributed by atoms with Crippen LogP contribution in [0.5, 0.6) is 0 Å². The Balaban J connectivity index is 0.000001000. The molecule has 0 saturated heterocycles. The number of rotatable bonds is 2. The van der Waals surface area contributed by atoms with Crippen molar-refractivity contribution in [3.8, 4) is 0 Å². The predicted octanol–water partition coefficient (Wildman–Crippen LogP) is 2.21. The Kier molecular flexibility index (Phi) is 4.55. The second kappa shape index (κ2) is 4.91. The molecule has 0 heterocycles. The van der Waals surface area contributed by atoms with Gasteiger partial charge in [-0.3, -0.25) is 0 Å². The number of hydrogen-bond acceptors (Lipinski definition) is 0. The van der Waals surface area contributed by atoms with Crippen LogP contribution in [0, 0.1) is 5.92 Å². The minimum atomic E-state index is 0. The van der Waals surface area contributed by atoms with Gasteiger partial charge in [-0.2, -0.15) is 0 Å². The molecule has 0 saturated carbocycles. The normalized spacial score (nSPS) is 9.36. The predicted molar refractivity (Wildman–Crippen MR) is 48.4 cm³/mol. The van der Waals surface area contributed by atoms with E-state index < -0.39 is 0 Å². The third kappa shape index (κ3) is 2.72. The van der Waals surface area contributed by atoms with Crippen molar-refractivity contribution in [2.45, 2.75) is 20.3 Å². The third-order valence-corrected chi connectivity index (χ3v) is 1.80. The minimum Gasteiger partial charge on any atom is -0.412 e. The van der Waals surface area contributed by atoms with E-state index in [2.05, 4.69) is 38.1 Å². The summed E-state index contributed by atoms with van der Waals surface area (Å²) in [5.41, 5.74) is 1.37. The fourth-order valence-corrected chi connectivity index (χ4v) is 0.927. The molecule has 0 atom stereocenters. The summed E-state index contributed by atoms with van der Waals surface area (Å²) in [6.45, 7) is 4.36. The molecule has 0 aliphatic heterocycles. The van der Waals surface area contributed by atoms with Crippen LogP contribution < -0.4 is 0 Å². The van der Waals surface area contributed by atoms with Crippen LogP contribution in [0.2, 0.25) is 0 Å². The Labute approximate surface area is 68.4 Å². The quantitative estimate of drug-likeness (QED) is 0.620. The standard InChI is InChI=1S/C10H13.H2O/c1-3-9(2)10-7-5-4-6-8-10;/h4-8H,3H2,1-2H3;1H2. The highest BCUT2D eigenvalue weighted by molar-refractivity contribution is 5.28. The zero-order chi connectivity index (χ0) is 7.40. The lowest BCUT2D eigenvalue weighted by Gasteiger charge is -2.05. The molecule has 0 unspecified atom stereocenters. The first-order valence-electron chi connectivity index (χ1n) is 3.72. The van der Waals surface area contributed by atoms with Crippen molar-refractivity contribution in [3.05, 3.63) is 41.8 Å². The van der Waals surface area contributed by atoms with Crippen LogP contribution in [0.3, 0.4) is 0 Å². The molecule has 1 aromatic rings. The van der Waals surface area contributed by atoms with Gasteiger partial charge in [0.1, 0.15) is 0 Å². The van der Waals surface area contributed by atoms with E-state index in [-0.39, 0.29) is 5.48 Å². The van der Waals surface area contributed by atoms with Crippen molar-refractivity contribution >= 4 is 0 Å². The molecule has 0 spiro atoms. The average molecular weight is 151 g/mol. The molecule has 2 N–H and O–H groups in total. The Morgan fingerprint density at radius 2 is 1.73 bits per heavy atom. The number of benzene rings is 1. The lowest BCUT2D eigenvalue weighted by atomic mass is 9.99. The maximum atomic E-state index is 2.18. The fourth-order valence-electron chi connectivity index (χ4n) is 0.927. The average Bonchev–Trinajstić information content (AvgIpc) is 2.05. The molecule has 0 aromatic heterocycles. The van der Waals surface area contributed by atoms with E-state index in [4.69, 9.17) is 0 Å². The summed E-state index contributed by atoms with van der Waals surface area (Å²) in [5, 5.41) is 0. The molecule has 1 heteroatoms. The lowest BCUT2D eigenvalue weighted by Crippen LogP contribution is -1.89. The van der Waals surface area contributed by atoms with Crippen molar-refractivity contribution in [3.63, 3.8) is 0 Å². The Bertz CT molecular complexity index is 181. The maximum Gasteiger partial charge on any atom is 0.00162 e. The summed E-state index contributed by atoms with van der Waals surface area (Å²) in [5.74, 6) is 1.46. The van der Waals surface area contributed by atoms with Crippen molar-refractivity contribution in [2.75, 3.05) is 0 Å². The molecule has 0 bridgehead atoms. The van der Waals surface area contributed by atoms with Gasteiger partial charge >= 0.3 is 0 Å². The van der Waals surface area contributed by atoms with Gasteiger partial charge in [0.15, 0.2) is 0 Å². The molecule has 1 radical (unpaired) electrons. The lowest BCUT2D eigenvalue weighted by molar-refractivity contribution is 0.824. The summed E-state index contributed by atoms with van der Waals surface area (Å²) < 4.78 is 0. The highest BCUT2D eigenvalue weighted by atomic mass is 16.0. The molecule has 0 fully saturated rings. The highest BCUT2D eigenvalue weighted by Crippen LogP contribution is 2.15. The third-order valence-electron chi connectivity index (χ3n) is 1.80. The molecule has 1 rings (SSSR count). The fraction of sp³-hybridized carbons (Fsp3) is 0.300. The topological polar surface area (TPSA) is 31.5 Å². The molecule has 61 valence electrons. The van der Waals surface area contributed by atoms with Gasteiger partial charge in [0.2, 0.25) is 0 Å². The van der Waals surface area contributed by atoms with Gasteiger partial charge in [0.25, 0.3) is 0 Å². The Hall–Kier alpha value is -0.820. The second-order valence-corrected chi connectivity index (χ2v) is 2.50. The largest absolute Gasteiger partial charge is 0.412 e. The summed E-state index contributed by atoms with van der Waals surface area (Å²) >= 11 is 0. The molecular weight excluding hydrogens is 136 g/mol. The molecule has 1 nitrogen and oxygen atoms in total. The van der Waals surface area contributed by atoms with Crippen LogP contribution in [-0.4, -0.2) is 5.48 Å². The van der Waals surface area contributed by atoms with Crippen LogP contribution in [0.4, 0.5) is 0 Å². The van der Waals surface area contributed by atoms with E-state index in [0.29, 0.717) is 0 Å². The SMILES string of the molecule is CC[C](C)c1ccccc1.O. The van der Waals surface area contributed by atoms with Crippen LogP contribution in [0.1, 0.15) is 25.8 Å². The molecule has 0 aliphatic rings. The molecular formula is C10H15O. The van der Waals surface area contributed by atoms with E-state index in [1.165, 1.54) is 11.5 Å². The summed E-state index contributed by atoms with van der Waals surface area (Å²) in [7, 11) is 0. The smallest absolute Gasteiger partial charge is 0.00162 e. The molecule has 0 aliphatic carbocycles. The van der Waals surface area contributed by atoms with Gasteiger partial charge in [-0.05, 0) is 12.0 Å². The van der Waals surface area contributed by atoms with E-state index in [0.717, 1.165) is 6.42 Å². The zero-order valence-electron chi connectivity index (χ0n) is 7.09. The van der Waals surface area contributed by atoms with Crippen molar-refractivity contribution < 1.29 is 5.48 Å². The molecule has 1 aromatic carbocycles. The van der Waals surface area contributed by atoms with Crippen LogP contribution in [-0.2, 0) is 0 Å². The van der Waals surface area contributed by atoms with Crippen molar-refractivity contribution in [1.82, 2.24) is 0 Å². The zero-order valence-corrected chi connectivity index (χ0v) is 7.09. The highest BCUT2D eigenvalue weighted by Gasteiger charge is 1.99. The van der Waals surface area contributed by atoms with Crippen LogP contribution >= 0.6 is 0 Å². The van der Waals surface area contributed by atoms with Crippen LogP contribution in [0.15, 0.2) is 30.3 Å². The number of hydrogen-bond donors (Lipinski definition) is 0.